The average molecular weight is 394 g/mol. The molecule has 0 saturated carbocycles. The first-order valence-corrected chi connectivity index (χ1v) is 9.75. The molecule has 1 atom stereocenters. The Balaban J connectivity index is 1.42. The Kier molecular flexibility index (Phi) is 5.55. The van der Waals surface area contributed by atoms with Gasteiger partial charge in [0.1, 0.15) is 23.2 Å². The van der Waals surface area contributed by atoms with E-state index in [2.05, 4.69) is 20.2 Å². The molecule has 0 unspecified atom stereocenters. The van der Waals surface area contributed by atoms with Crippen molar-refractivity contribution in [3.8, 4) is 11.4 Å². The number of furan rings is 1. The molecule has 2 aromatic heterocycles. The number of nitrogens with one attached hydrogen (secondary N) is 1. The van der Waals surface area contributed by atoms with Gasteiger partial charge in [-0.15, -0.1) is 0 Å². The van der Waals surface area contributed by atoms with Gasteiger partial charge in [0, 0.05) is 24.8 Å². The molecule has 1 fully saturated rings. The molecule has 29 heavy (non-hydrogen) atoms. The number of halogens is 1. The monoisotopic (exact) mass is 394 g/mol. The van der Waals surface area contributed by atoms with Crippen LogP contribution in [0.3, 0.4) is 0 Å². The van der Waals surface area contributed by atoms with Crippen molar-refractivity contribution < 1.29 is 13.6 Å². The first-order valence-electron chi connectivity index (χ1n) is 9.75. The van der Waals surface area contributed by atoms with E-state index < -0.39 is 0 Å². The molecule has 3 aromatic rings. The van der Waals surface area contributed by atoms with Gasteiger partial charge in [0.2, 0.25) is 5.91 Å². The van der Waals surface area contributed by atoms with Crippen LogP contribution < -0.4 is 10.2 Å². The van der Waals surface area contributed by atoms with Crippen molar-refractivity contribution in [1.29, 1.82) is 0 Å². The third-order valence-corrected chi connectivity index (χ3v) is 5.09. The van der Waals surface area contributed by atoms with Gasteiger partial charge in [-0.25, -0.2) is 14.4 Å². The Labute approximate surface area is 168 Å². The zero-order valence-electron chi connectivity index (χ0n) is 16.3. The van der Waals surface area contributed by atoms with E-state index in [1.165, 1.54) is 12.1 Å². The lowest BCUT2D eigenvalue weighted by Gasteiger charge is -2.32. The Bertz CT molecular complexity index is 986. The molecule has 6 nitrogen and oxygen atoms in total. The molecule has 150 valence electrons. The van der Waals surface area contributed by atoms with Gasteiger partial charge < -0.3 is 14.6 Å². The van der Waals surface area contributed by atoms with Crippen molar-refractivity contribution in [3.63, 3.8) is 0 Å². The van der Waals surface area contributed by atoms with E-state index in [1.807, 2.05) is 25.1 Å². The lowest BCUT2D eigenvalue weighted by molar-refractivity contribution is -0.125. The summed E-state index contributed by atoms with van der Waals surface area (Å²) >= 11 is 0. The maximum absolute atomic E-state index is 13.2. The molecule has 3 heterocycles. The minimum absolute atomic E-state index is 0.0246. The number of carbonyl (C=O) groups is 1. The largest absolute Gasteiger partial charge is 0.465 e. The highest BCUT2D eigenvalue weighted by Gasteiger charge is 2.26. The number of aryl methyl sites for hydroxylation is 1. The van der Waals surface area contributed by atoms with Crippen LogP contribution in [0, 0.1) is 18.7 Å². The molecular formula is C22H23FN4O2. The number of carbonyl (C=O) groups excluding carboxylic acids is 1. The highest BCUT2D eigenvalue weighted by Crippen LogP contribution is 2.24. The number of benzene rings is 1. The molecule has 0 aliphatic carbocycles. The molecular weight excluding hydrogens is 371 g/mol. The molecule has 0 bridgehead atoms. The lowest BCUT2D eigenvalue weighted by atomic mass is 9.97. The number of hydrogen-bond acceptors (Lipinski definition) is 5. The third-order valence-electron chi connectivity index (χ3n) is 5.09. The summed E-state index contributed by atoms with van der Waals surface area (Å²) in [4.78, 5) is 23.7. The fourth-order valence-electron chi connectivity index (χ4n) is 3.56. The zero-order valence-corrected chi connectivity index (χ0v) is 16.3. The summed E-state index contributed by atoms with van der Waals surface area (Å²) in [7, 11) is 0. The second kappa shape index (κ2) is 8.43. The Morgan fingerprint density at radius 3 is 2.83 bits per heavy atom. The number of anilines is 1. The highest BCUT2D eigenvalue weighted by molar-refractivity contribution is 5.79. The van der Waals surface area contributed by atoms with E-state index in [9.17, 15) is 9.18 Å². The van der Waals surface area contributed by atoms with Crippen LogP contribution in [-0.2, 0) is 11.3 Å². The fourth-order valence-corrected chi connectivity index (χ4v) is 3.56. The topological polar surface area (TPSA) is 71.3 Å². The van der Waals surface area contributed by atoms with Crippen LogP contribution >= 0.6 is 0 Å². The van der Waals surface area contributed by atoms with Gasteiger partial charge in [-0.1, -0.05) is 0 Å². The molecule has 1 saturated heterocycles. The van der Waals surface area contributed by atoms with Gasteiger partial charge >= 0.3 is 0 Å². The number of aromatic nitrogens is 2. The van der Waals surface area contributed by atoms with Crippen LogP contribution in [0.2, 0.25) is 0 Å². The van der Waals surface area contributed by atoms with E-state index in [4.69, 9.17) is 4.42 Å². The summed E-state index contributed by atoms with van der Waals surface area (Å²) in [5, 5.41) is 2.97. The molecule has 1 aromatic carbocycles. The van der Waals surface area contributed by atoms with Gasteiger partial charge in [-0.2, -0.15) is 0 Å². The molecule has 0 spiro atoms. The number of piperidine rings is 1. The maximum atomic E-state index is 13.2. The summed E-state index contributed by atoms with van der Waals surface area (Å²) in [6, 6.07) is 11.7. The summed E-state index contributed by atoms with van der Waals surface area (Å²) in [5.74, 6) is 2.53. The summed E-state index contributed by atoms with van der Waals surface area (Å²) in [6.07, 6.45) is 3.45. The van der Waals surface area contributed by atoms with Gasteiger partial charge in [0.25, 0.3) is 0 Å². The van der Waals surface area contributed by atoms with Crippen molar-refractivity contribution in [2.45, 2.75) is 26.3 Å². The smallest absolute Gasteiger partial charge is 0.225 e. The van der Waals surface area contributed by atoms with Crippen molar-refractivity contribution >= 4 is 11.7 Å². The van der Waals surface area contributed by atoms with E-state index in [1.54, 1.807) is 18.3 Å². The van der Waals surface area contributed by atoms with Crippen molar-refractivity contribution in [3.05, 3.63) is 66.0 Å². The maximum Gasteiger partial charge on any atom is 0.225 e. The van der Waals surface area contributed by atoms with E-state index >= 15 is 0 Å². The first-order chi connectivity index (χ1) is 14.1. The molecule has 1 aliphatic rings. The second-order valence-corrected chi connectivity index (χ2v) is 7.26. The van der Waals surface area contributed by atoms with E-state index in [-0.39, 0.29) is 17.6 Å². The number of hydrogen-bond donors (Lipinski definition) is 1. The molecule has 1 N–H and O–H groups in total. The van der Waals surface area contributed by atoms with Gasteiger partial charge in [-0.3, -0.25) is 4.79 Å². The molecule has 0 radical (unpaired) electrons. The fraction of sp³-hybridized carbons (Fsp3) is 0.318. The van der Waals surface area contributed by atoms with Crippen LogP contribution in [0.15, 0.2) is 53.1 Å². The van der Waals surface area contributed by atoms with E-state index in [0.29, 0.717) is 18.9 Å². The SMILES string of the molecule is Cc1ccc(CNC(=O)[C@H]2CCCN(c3ccnc(-c4ccc(F)cc4)n3)C2)o1. The predicted octanol–water partition coefficient (Wildman–Crippen LogP) is 3.72. The van der Waals surface area contributed by atoms with Crippen molar-refractivity contribution in [2.24, 2.45) is 5.92 Å². The van der Waals surface area contributed by atoms with Crippen LogP contribution in [0.5, 0.6) is 0 Å². The second-order valence-electron chi connectivity index (χ2n) is 7.26. The van der Waals surface area contributed by atoms with Crippen LogP contribution in [0.25, 0.3) is 11.4 Å². The standard InChI is InChI=1S/C22H23FN4O2/c1-15-4-9-19(29-15)13-25-22(28)17-3-2-12-27(14-17)20-10-11-24-21(26-20)16-5-7-18(23)8-6-16/h4-11,17H,2-3,12-14H2,1H3,(H,25,28)/t17-/m0/s1. The average Bonchev–Trinajstić information content (AvgIpc) is 3.18. The molecule has 1 amide bonds. The van der Waals surface area contributed by atoms with E-state index in [0.717, 1.165) is 42.3 Å². The highest BCUT2D eigenvalue weighted by atomic mass is 19.1. The van der Waals surface area contributed by atoms with Crippen LogP contribution in [-0.4, -0.2) is 29.0 Å². The Morgan fingerprint density at radius 1 is 1.24 bits per heavy atom. The van der Waals surface area contributed by atoms with Gasteiger partial charge in [0.05, 0.1) is 12.5 Å². The first kappa shape index (κ1) is 19.1. The molecule has 7 heteroatoms. The minimum Gasteiger partial charge on any atom is -0.465 e. The van der Waals surface area contributed by atoms with Crippen molar-refractivity contribution in [2.75, 3.05) is 18.0 Å². The number of amides is 1. The predicted molar refractivity (Wildman–Crippen MR) is 108 cm³/mol. The third kappa shape index (κ3) is 4.62. The summed E-state index contributed by atoms with van der Waals surface area (Å²) < 4.78 is 18.7. The molecule has 4 rings (SSSR count). The minimum atomic E-state index is -0.292. The van der Waals surface area contributed by atoms with Gasteiger partial charge in [0.15, 0.2) is 5.82 Å². The quantitative estimate of drug-likeness (QED) is 0.714. The summed E-state index contributed by atoms with van der Waals surface area (Å²) in [6.45, 7) is 3.71. The Hall–Kier alpha value is -3.22. The molecule has 1 aliphatic heterocycles. The number of rotatable bonds is 5. The Morgan fingerprint density at radius 2 is 2.07 bits per heavy atom. The number of nitrogens with zero attached hydrogens (tertiary/aromatic N) is 3. The van der Waals surface area contributed by atoms with Gasteiger partial charge in [-0.05, 0) is 62.2 Å². The normalized spacial score (nSPS) is 16.6. The lowest BCUT2D eigenvalue weighted by Crippen LogP contribution is -2.43. The zero-order chi connectivity index (χ0) is 20.2. The van der Waals surface area contributed by atoms with Crippen LogP contribution in [0.1, 0.15) is 24.4 Å². The van der Waals surface area contributed by atoms with Crippen molar-refractivity contribution in [1.82, 2.24) is 15.3 Å². The van der Waals surface area contributed by atoms with Crippen LogP contribution in [0.4, 0.5) is 10.2 Å². The summed E-state index contributed by atoms with van der Waals surface area (Å²) in [5.41, 5.74) is 0.758.